The van der Waals surface area contributed by atoms with Crippen molar-refractivity contribution in [3.63, 3.8) is 0 Å². The maximum absolute atomic E-state index is 13.7. The Balaban J connectivity index is 1.63. The molecule has 0 heterocycles. The minimum absolute atomic E-state index is 0.00907. The summed E-state index contributed by atoms with van der Waals surface area (Å²) in [6.07, 6.45) is 0.435. The molecule has 22 heavy (non-hydrogen) atoms. The molecule has 5 heteroatoms. The number of carbonyl (C=O) groups excluding carboxylic acids is 1. The smallest absolute Gasteiger partial charge is 0.224 e. The number of hydrogen-bond donors (Lipinski definition) is 2. The Morgan fingerprint density at radius 1 is 1.14 bits per heavy atom. The van der Waals surface area contributed by atoms with E-state index in [1.54, 1.807) is 18.2 Å². The van der Waals surface area contributed by atoms with E-state index < -0.39 is 23.5 Å². The van der Waals surface area contributed by atoms with Gasteiger partial charge in [-0.1, -0.05) is 24.3 Å². The molecule has 0 saturated heterocycles. The molecule has 2 N–H and O–H groups in total. The summed E-state index contributed by atoms with van der Waals surface area (Å²) in [6.45, 7) is 0.189. The van der Waals surface area contributed by atoms with Crippen molar-refractivity contribution in [2.24, 2.45) is 5.92 Å². The summed E-state index contributed by atoms with van der Waals surface area (Å²) in [5, 5.41) is 12.3. The number of phenolic OH excluding ortho intramolecular Hbond substituents is 1. The summed E-state index contributed by atoms with van der Waals surface area (Å²) in [5.74, 6) is -2.20. The molecule has 1 fully saturated rings. The van der Waals surface area contributed by atoms with Gasteiger partial charge in [0.15, 0.2) is 0 Å². The summed E-state index contributed by atoms with van der Waals surface area (Å²) >= 11 is 0. The Labute approximate surface area is 126 Å². The van der Waals surface area contributed by atoms with Crippen molar-refractivity contribution in [2.45, 2.75) is 18.9 Å². The van der Waals surface area contributed by atoms with Crippen LogP contribution in [0.3, 0.4) is 0 Å². The average molecular weight is 303 g/mol. The highest BCUT2D eigenvalue weighted by atomic mass is 19.1. The van der Waals surface area contributed by atoms with Crippen molar-refractivity contribution >= 4 is 5.91 Å². The number of nitrogens with one attached hydrogen (secondary N) is 1. The van der Waals surface area contributed by atoms with Crippen LogP contribution in [0.4, 0.5) is 8.78 Å². The molecule has 3 rings (SSSR count). The number of phenols is 1. The van der Waals surface area contributed by atoms with Crippen LogP contribution in [-0.4, -0.2) is 11.0 Å². The molecule has 0 unspecified atom stereocenters. The minimum Gasteiger partial charge on any atom is -0.508 e. The van der Waals surface area contributed by atoms with E-state index in [2.05, 4.69) is 5.32 Å². The van der Waals surface area contributed by atoms with E-state index in [9.17, 15) is 18.7 Å². The molecule has 3 nitrogen and oxygen atoms in total. The summed E-state index contributed by atoms with van der Waals surface area (Å²) in [5.41, 5.74) is 0.593. The van der Waals surface area contributed by atoms with Gasteiger partial charge in [-0.05, 0) is 24.6 Å². The molecule has 0 spiro atoms. The van der Waals surface area contributed by atoms with Gasteiger partial charge in [0.2, 0.25) is 5.91 Å². The Hall–Kier alpha value is -2.43. The number of para-hydroxylation sites is 1. The van der Waals surface area contributed by atoms with E-state index >= 15 is 0 Å². The predicted molar refractivity (Wildman–Crippen MR) is 77.2 cm³/mol. The van der Waals surface area contributed by atoms with Crippen LogP contribution in [0.5, 0.6) is 5.75 Å². The molecule has 2 aromatic carbocycles. The molecular weight excluding hydrogens is 288 g/mol. The largest absolute Gasteiger partial charge is 0.508 e. The fourth-order valence-electron chi connectivity index (χ4n) is 2.64. The lowest BCUT2D eigenvalue weighted by molar-refractivity contribution is -0.122. The number of rotatable bonds is 4. The molecule has 2 atom stereocenters. The highest BCUT2D eigenvalue weighted by Gasteiger charge is 2.46. The number of amides is 1. The molecule has 114 valence electrons. The van der Waals surface area contributed by atoms with Gasteiger partial charge in [0, 0.05) is 29.5 Å². The molecule has 0 aliphatic heterocycles. The van der Waals surface area contributed by atoms with Crippen LogP contribution in [0.2, 0.25) is 0 Å². The monoisotopic (exact) mass is 303 g/mol. The van der Waals surface area contributed by atoms with E-state index in [0.29, 0.717) is 12.0 Å². The third-order valence-electron chi connectivity index (χ3n) is 3.94. The fraction of sp³-hybridized carbons (Fsp3) is 0.235. The number of aromatic hydroxyl groups is 1. The van der Waals surface area contributed by atoms with Crippen LogP contribution < -0.4 is 5.32 Å². The minimum atomic E-state index is -0.610. The van der Waals surface area contributed by atoms with Gasteiger partial charge in [-0.15, -0.1) is 0 Å². The van der Waals surface area contributed by atoms with Gasteiger partial charge in [0.05, 0.1) is 0 Å². The van der Waals surface area contributed by atoms with Gasteiger partial charge < -0.3 is 10.4 Å². The van der Waals surface area contributed by atoms with E-state index in [1.165, 1.54) is 24.3 Å². The summed E-state index contributed by atoms with van der Waals surface area (Å²) in [7, 11) is 0. The standard InChI is InChI=1S/C17H15F2NO2/c18-13-5-3-6-14(19)16(13)11-8-12(11)17(22)20-9-10-4-1-2-7-15(10)21/h1-7,11-12,21H,8-9H2,(H,20,22)/t11-,12-/m0/s1. The SMILES string of the molecule is O=C(NCc1ccccc1O)[C@H]1C[C@@H]1c1c(F)cccc1F. The summed E-state index contributed by atoms with van der Waals surface area (Å²) < 4.78 is 27.4. The van der Waals surface area contributed by atoms with E-state index in [-0.39, 0.29) is 23.8 Å². The average Bonchev–Trinajstić information content (AvgIpc) is 3.26. The maximum atomic E-state index is 13.7. The first-order chi connectivity index (χ1) is 10.6. The van der Waals surface area contributed by atoms with Crippen molar-refractivity contribution in [3.05, 3.63) is 65.2 Å². The second kappa shape index (κ2) is 5.75. The van der Waals surface area contributed by atoms with Gasteiger partial charge in [-0.2, -0.15) is 0 Å². The topological polar surface area (TPSA) is 49.3 Å². The Morgan fingerprint density at radius 2 is 1.82 bits per heavy atom. The van der Waals surface area contributed by atoms with Gasteiger partial charge in [0.25, 0.3) is 0 Å². The zero-order chi connectivity index (χ0) is 15.7. The van der Waals surface area contributed by atoms with E-state index in [4.69, 9.17) is 0 Å². The zero-order valence-corrected chi connectivity index (χ0v) is 11.7. The third-order valence-corrected chi connectivity index (χ3v) is 3.94. The molecule has 1 aliphatic carbocycles. The van der Waals surface area contributed by atoms with Crippen LogP contribution >= 0.6 is 0 Å². The molecule has 1 aliphatic rings. The van der Waals surface area contributed by atoms with Crippen LogP contribution in [-0.2, 0) is 11.3 Å². The lowest BCUT2D eigenvalue weighted by Gasteiger charge is -2.07. The quantitative estimate of drug-likeness (QED) is 0.912. The van der Waals surface area contributed by atoms with Gasteiger partial charge >= 0.3 is 0 Å². The Morgan fingerprint density at radius 3 is 2.50 bits per heavy atom. The zero-order valence-electron chi connectivity index (χ0n) is 11.7. The Bertz CT molecular complexity index is 697. The second-order valence-electron chi connectivity index (χ2n) is 5.43. The molecule has 0 bridgehead atoms. The lowest BCUT2D eigenvalue weighted by atomic mass is 10.1. The van der Waals surface area contributed by atoms with Crippen LogP contribution in [0.25, 0.3) is 0 Å². The molecule has 0 aromatic heterocycles. The summed E-state index contributed by atoms with van der Waals surface area (Å²) in [6, 6.07) is 10.4. The highest BCUT2D eigenvalue weighted by Crippen LogP contribution is 2.49. The van der Waals surface area contributed by atoms with Crippen LogP contribution in [0.15, 0.2) is 42.5 Å². The normalized spacial score (nSPS) is 19.7. The first-order valence-corrected chi connectivity index (χ1v) is 7.06. The lowest BCUT2D eigenvalue weighted by Crippen LogP contribution is -2.25. The highest BCUT2D eigenvalue weighted by molar-refractivity contribution is 5.83. The van der Waals surface area contributed by atoms with Crippen molar-refractivity contribution in [1.82, 2.24) is 5.32 Å². The Kier molecular flexibility index (Phi) is 3.79. The molecular formula is C17H15F2NO2. The summed E-state index contributed by atoms with van der Waals surface area (Å²) in [4.78, 5) is 12.1. The molecule has 1 amide bonds. The van der Waals surface area contributed by atoms with E-state index in [0.717, 1.165) is 0 Å². The number of carbonyl (C=O) groups is 1. The first-order valence-electron chi connectivity index (χ1n) is 7.06. The number of benzene rings is 2. The van der Waals surface area contributed by atoms with Gasteiger partial charge in [-0.25, -0.2) is 8.78 Å². The molecule has 2 aromatic rings. The van der Waals surface area contributed by atoms with Gasteiger partial charge in [-0.3, -0.25) is 4.79 Å². The van der Waals surface area contributed by atoms with E-state index in [1.807, 2.05) is 0 Å². The fourth-order valence-corrected chi connectivity index (χ4v) is 2.64. The first kappa shape index (κ1) is 14.5. The number of hydrogen-bond acceptors (Lipinski definition) is 2. The molecule has 0 radical (unpaired) electrons. The van der Waals surface area contributed by atoms with Crippen LogP contribution in [0, 0.1) is 17.6 Å². The van der Waals surface area contributed by atoms with Crippen LogP contribution in [0.1, 0.15) is 23.5 Å². The van der Waals surface area contributed by atoms with Crippen molar-refractivity contribution in [1.29, 1.82) is 0 Å². The third kappa shape index (κ3) is 2.79. The van der Waals surface area contributed by atoms with Crippen molar-refractivity contribution in [3.8, 4) is 5.75 Å². The second-order valence-corrected chi connectivity index (χ2v) is 5.43. The maximum Gasteiger partial charge on any atom is 0.224 e. The number of halogens is 2. The molecule has 1 saturated carbocycles. The van der Waals surface area contributed by atoms with Gasteiger partial charge in [0.1, 0.15) is 17.4 Å². The van der Waals surface area contributed by atoms with Crippen molar-refractivity contribution < 1.29 is 18.7 Å². The predicted octanol–water partition coefficient (Wildman–Crippen LogP) is 3.09. The van der Waals surface area contributed by atoms with Crippen molar-refractivity contribution in [2.75, 3.05) is 0 Å².